The maximum atomic E-state index is 13.5. The first-order valence-corrected chi connectivity index (χ1v) is 5.28. The number of nitrogens with two attached hydrogens (primary N) is 2. The van der Waals surface area contributed by atoms with Gasteiger partial charge in [0.05, 0.1) is 5.69 Å². The van der Waals surface area contributed by atoms with Crippen molar-refractivity contribution < 1.29 is 13.2 Å². The van der Waals surface area contributed by atoms with Crippen molar-refractivity contribution in [2.24, 2.45) is 11.7 Å². The van der Waals surface area contributed by atoms with Crippen molar-refractivity contribution in [3.8, 4) is 0 Å². The van der Waals surface area contributed by atoms with E-state index in [-0.39, 0.29) is 23.3 Å². The first-order valence-electron chi connectivity index (χ1n) is 5.28. The molecule has 20 heavy (non-hydrogen) atoms. The molecule has 0 bridgehead atoms. The average molecular weight is 285 g/mol. The number of halogens is 3. The molecule has 0 amide bonds. The molecule has 2 aromatic rings. The number of nitrogen functional groups attached to an aromatic ring is 2. The van der Waals surface area contributed by atoms with Crippen molar-refractivity contribution in [1.82, 2.24) is 9.97 Å². The summed E-state index contributed by atoms with van der Waals surface area (Å²) in [5.74, 6) is 6.34. The van der Waals surface area contributed by atoms with Crippen molar-refractivity contribution in [3.05, 3.63) is 35.7 Å². The third-order valence-corrected chi connectivity index (χ3v) is 2.30. The minimum atomic E-state index is -1.60. The number of nitrogens with one attached hydrogen (secondary N) is 3. The molecule has 0 saturated carbocycles. The highest BCUT2D eigenvalue weighted by atomic mass is 19.2. The molecule has 0 atom stereocenters. The minimum Gasteiger partial charge on any atom is -0.321 e. The molecule has 106 valence electrons. The van der Waals surface area contributed by atoms with E-state index < -0.39 is 17.5 Å². The maximum absolute atomic E-state index is 13.5. The Balaban J connectivity index is 2.37. The average Bonchev–Trinajstić information content (AvgIpc) is 2.47. The number of anilines is 4. The second-order valence-corrected chi connectivity index (χ2v) is 3.60. The molecule has 1 aromatic carbocycles. The van der Waals surface area contributed by atoms with Crippen molar-refractivity contribution in [2.45, 2.75) is 0 Å². The second-order valence-electron chi connectivity index (χ2n) is 3.60. The maximum Gasteiger partial charge on any atom is 0.231 e. The Labute approximate surface area is 111 Å². The SMILES string of the molecule is NNc1cc(NN)nc(Nc2ccc(F)c(F)c2F)n1. The Morgan fingerprint density at radius 3 is 2.05 bits per heavy atom. The number of nitrogens with zero attached hydrogens (tertiary/aromatic N) is 2. The molecule has 1 aromatic heterocycles. The van der Waals surface area contributed by atoms with Crippen LogP contribution in [0.25, 0.3) is 0 Å². The van der Waals surface area contributed by atoms with Crippen LogP contribution in [0.5, 0.6) is 0 Å². The molecular weight excluding hydrogens is 275 g/mol. The van der Waals surface area contributed by atoms with Crippen LogP contribution in [0.15, 0.2) is 18.2 Å². The highest BCUT2D eigenvalue weighted by Gasteiger charge is 2.14. The van der Waals surface area contributed by atoms with Crippen molar-refractivity contribution >= 4 is 23.3 Å². The fraction of sp³-hybridized carbons (Fsp3) is 0. The summed E-state index contributed by atoms with van der Waals surface area (Å²) in [6.07, 6.45) is 0. The van der Waals surface area contributed by atoms with Gasteiger partial charge in [-0.3, -0.25) is 0 Å². The first-order chi connectivity index (χ1) is 9.55. The molecule has 0 aliphatic carbocycles. The summed E-state index contributed by atoms with van der Waals surface area (Å²) in [5.41, 5.74) is 4.16. The lowest BCUT2D eigenvalue weighted by Crippen LogP contribution is -2.14. The standard InChI is InChI=1S/C10H10F3N7/c11-4-1-2-5(9(13)8(4)12)16-10-17-6(19-14)3-7(18-10)20-15/h1-3H,14-15H2,(H3,16,17,18,19,20). The van der Waals surface area contributed by atoms with E-state index >= 15 is 0 Å². The van der Waals surface area contributed by atoms with Crippen LogP contribution in [0.4, 0.5) is 36.4 Å². The van der Waals surface area contributed by atoms with Crippen LogP contribution in [0.2, 0.25) is 0 Å². The largest absolute Gasteiger partial charge is 0.321 e. The lowest BCUT2D eigenvalue weighted by Gasteiger charge is -2.10. The van der Waals surface area contributed by atoms with Gasteiger partial charge in [0, 0.05) is 6.07 Å². The quantitative estimate of drug-likeness (QED) is 0.326. The lowest BCUT2D eigenvalue weighted by molar-refractivity contribution is 0.449. The van der Waals surface area contributed by atoms with E-state index in [1.165, 1.54) is 6.07 Å². The van der Waals surface area contributed by atoms with E-state index in [0.717, 1.165) is 12.1 Å². The Kier molecular flexibility index (Phi) is 3.86. The molecule has 0 saturated heterocycles. The van der Waals surface area contributed by atoms with Crippen LogP contribution in [0.1, 0.15) is 0 Å². The zero-order chi connectivity index (χ0) is 14.7. The second kappa shape index (κ2) is 5.59. The summed E-state index contributed by atoms with van der Waals surface area (Å²) >= 11 is 0. The summed E-state index contributed by atoms with van der Waals surface area (Å²) in [5, 5.41) is 2.39. The zero-order valence-electron chi connectivity index (χ0n) is 9.92. The van der Waals surface area contributed by atoms with Gasteiger partial charge in [0.25, 0.3) is 0 Å². The summed E-state index contributed by atoms with van der Waals surface area (Å²) < 4.78 is 39.4. The minimum absolute atomic E-state index is 0.113. The molecule has 0 fully saturated rings. The van der Waals surface area contributed by atoms with Crippen LogP contribution in [-0.4, -0.2) is 9.97 Å². The molecule has 0 aliphatic heterocycles. The normalized spacial score (nSPS) is 10.2. The van der Waals surface area contributed by atoms with E-state index in [0.29, 0.717) is 0 Å². The van der Waals surface area contributed by atoms with Crippen molar-refractivity contribution in [2.75, 3.05) is 16.2 Å². The van der Waals surface area contributed by atoms with Crippen molar-refractivity contribution in [3.63, 3.8) is 0 Å². The summed E-state index contributed by atoms with van der Waals surface area (Å²) in [6.45, 7) is 0. The predicted octanol–water partition coefficient (Wildman–Crippen LogP) is 1.21. The first kappa shape index (κ1) is 13.8. The number of hydrogen-bond donors (Lipinski definition) is 5. The van der Waals surface area contributed by atoms with Crippen molar-refractivity contribution in [1.29, 1.82) is 0 Å². The van der Waals surface area contributed by atoms with Gasteiger partial charge in [0.1, 0.15) is 11.6 Å². The predicted molar refractivity (Wildman–Crippen MR) is 67.3 cm³/mol. The van der Waals surface area contributed by atoms with E-state index in [1.54, 1.807) is 0 Å². The van der Waals surface area contributed by atoms with E-state index in [9.17, 15) is 13.2 Å². The summed E-state index contributed by atoms with van der Waals surface area (Å²) in [6, 6.07) is 3.16. The van der Waals surface area contributed by atoms with Gasteiger partial charge in [-0.15, -0.1) is 0 Å². The molecule has 0 unspecified atom stereocenters. The van der Waals surface area contributed by atoms with Gasteiger partial charge in [-0.25, -0.2) is 24.9 Å². The van der Waals surface area contributed by atoms with E-state index in [4.69, 9.17) is 11.7 Å². The van der Waals surface area contributed by atoms with Gasteiger partial charge in [-0.1, -0.05) is 0 Å². The number of aromatic nitrogens is 2. The fourth-order valence-corrected chi connectivity index (χ4v) is 1.39. The topological polar surface area (TPSA) is 114 Å². The van der Waals surface area contributed by atoms with Gasteiger partial charge >= 0.3 is 0 Å². The van der Waals surface area contributed by atoms with Gasteiger partial charge in [-0.2, -0.15) is 9.97 Å². The van der Waals surface area contributed by atoms with Crippen LogP contribution < -0.4 is 27.9 Å². The highest BCUT2D eigenvalue weighted by molar-refractivity contribution is 5.59. The number of hydrogen-bond acceptors (Lipinski definition) is 7. The van der Waals surface area contributed by atoms with Gasteiger partial charge in [0.15, 0.2) is 17.5 Å². The fourth-order valence-electron chi connectivity index (χ4n) is 1.39. The molecule has 10 heteroatoms. The molecular formula is C10H10F3N7. The van der Waals surface area contributed by atoms with E-state index in [2.05, 4.69) is 26.1 Å². The third kappa shape index (κ3) is 2.70. The molecule has 0 spiro atoms. The summed E-state index contributed by atoms with van der Waals surface area (Å²) in [7, 11) is 0. The summed E-state index contributed by atoms with van der Waals surface area (Å²) in [4.78, 5) is 7.70. The molecule has 0 radical (unpaired) electrons. The molecule has 0 aliphatic rings. The molecule has 7 nitrogen and oxygen atoms in total. The molecule has 7 N–H and O–H groups in total. The Morgan fingerprint density at radius 1 is 0.900 bits per heavy atom. The van der Waals surface area contributed by atoms with Gasteiger partial charge in [0.2, 0.25) is 5.95 Å². The number of hydrazine groups is 2. The lowest BCUT2D eigenvalue weighted by atomic mass is 10.3. The smallest absolute Gasteiger partial charge is 0.231 e. The Morgan fingerprint density at radius 2 is 1.50 bits per heavy atom. The third-order valence-electron chi connectivity index (χ3n) is 2.30. The number of rotatable bonds is 4. The van der Waals surface area contributed by atoms with Crippen LogP contribution in [0.3, 0.4) is 0 Å². The van der Waals surface area contributed by atoms with Crippen LogP contribution >= 0.6 is 0 Å². The number of benzene rings is 1. The van der Waals surface area contributed by atoms with Gasteiger partial charge < -0.3 is 16.2 Å². The Hall–Kier alpha value is -2.59. The van der Waals surface area contributed by atoms with E-state index in [1.807, 2.05) is 0 Å². The highest BCUT2D eigenvalue weighted by Crippen LogP contribution is 2.23. The van der Waals surface area contributed by atoms with Gasteiger partial charge in [-0.05, 0) is 12.1 Å². The molecule has 1 heterocycles. The zero-order valence-corrected chi connectivity index (χ0v) is 9.92. The Bertz CT molecular complexity index is 612. The van der Waals surface area contributed by atoms with Crippen LogP contribution in [-0.2, 0) is 0 Å². The molecule has 2 rings (SSSR count). The van der Waals surface area contributed by atoms with Crippen LogP contribution in [0, 0.1) is 17.5 Å². The monoisotopic (exact) mass is 285 g/mol.